The number of halogens is 1. The van der Waals surface area contributed by atoms with E-state index in [0.29, 0.717) is 24.7 Å². The van der Waals surface area contributed by atoms with E-state index in [1.54, 1.807) is 12.4 Å². The molecule has 146 valence electrons. The number of piperidine rings is 1. The van der Waals surface area contributed by atoms with Crippen molar-refractivity contribution in [2.75, 3.05) is 13.1 Å². The van der Waals surface area contributed by atoms with E-state index >= 15 is 0 Å². The van der Waals surface area contributed by atoms with Gasteiger partial charge in [-0.05, 0) is 5.92 Å². The van der Waals surface area contributed by atoms with Gasteiger partial charge >= 0.3 is 0 Å². The molecular formula is C20H27ClN4O2. The first kappa shape index (κ1) is 21.1. The van der Waals surface area contributed by atoms with Gasteiger partial charge < -0.3 is 15.4 Å². The largest absolute Gasteiger partial charge is 0.487 e. The second-order valence-corrected chi connectivity index (χ2v) is 7.02. The molecule has 2 aromatic rings. The zero-order valence-electron chi connectivity index (χ0n) is 15.7. The second-order valence-electron chi connectivity index (χ2n) is 7.02. The Kier molecular flexibility index (Phi) is 7.56. The molecule has 1 amide bonds. The van der Waals surface area contributed by atoms with E-state index in [-0.39, 0.29) is 30.3 Å². The number of hydrogen-bond acceptors (Lipinski definition) is 5. The highest BCUT2D eigenvalue weighted by atomic mass is 35.5. The lowest BCUT2D eigenvalue weighted by Crippen LogP contribution is -2.50. The average molecular weight is 391 g/mol. The molecule has 0 unspecified atom stereocenters. The van der Waals surface area contributed by atoms with Crippen LogP contribution in [0.25, 0.3) is 11.4 Å². The second kappa shape index (κ2) is 9.67. The molecule has 0 radical (unpaired) electrons. The van der Waals surface area contributed by atoms with Gasteiger partial charge in [-0.15, -0.1) is 12.4 Å². The Balaban J connectivity index is 0.00000261. The van der Waals surface area contributed by atoms with Crippen LogP contribution in [0.3, 0.4) is 0 Å². The highest BCUT2D eigenvalue weighted by Crippen LogP contribution is 2.21. The fourth-order valence-corrected chi connectivity index (χ4v) is 3.00. The van der Waals surface area contributed by atoms with E-state index in [1.165, 1.54) is 0 Å². The van der Waals surface area contributed by atoms with Gasteiger partial charge in [0.2, 0.25) is 5.91 Å². The first-order valence-corrected chi connectivity index (χ1v) is 9.13. The van der Waals surface area contributed by atoms with Gasteiger partial charge in [0.25, 0.3) is 0 Å². The average Bonchev–Trinajstić information content (AvgIpc) is 2.68. The van der Waals surface area contributed by atoms with Gasteiger partial charge in [-0.1, -0.05) is 44.2 Å². The number of likely N-dealkylation sites (tertiary alicyclic amines) is 1. The first-order chi connectivity index (χ1) is 12.5. The summed E-state index contributed by atoms with van der Waals surface area (Å²) in [5.41, 5.74) is 6.95. The van der Waals surface area contributed by atoms with Crippen molar-refractivity contribution < 1.29 is 9.53 Å². The summed E-state index contributed by atoms with van der Waals surface area (Å²) in [5.74, 6) is 1.53. The van der Waals surface area contributed by atoms with Gasteiger partial charge in [0, 0.05) is 31.5 Å². The highest BCUT2D eigenvalue weighted by molar-refractivity contribution is 5.85. The number of nitrogens with zero attached hydrogens (tertiary/aromatic N) is 3. The summed E-state index contributed by atoms with van der Waals surface area (Å²) in [6, 6.07) is 9.42. The molecule has 27 heavy (non-hydrogen) atoms. The predicted octanol–water partition coefficient (Wildman–Crippen LogP) is 2.92. The van der Waals surface area contributed by atoms with Gasteiger partial charge in [0.05, 0.1) is 18.4 Å². The van der Waals surface area contributed by atoms with Crippen molar-refractivity contribution in [3.05, 3.63) is 42.7 Å². The van der Waals surface area contributed by atoms with E-state index in [1.807, 2.05) is 49.1 Å². The number of hydrogen-bond donors (Lipinski definition) is 1. The Morgan fingerprint density at radius 3 is 2.30 bits per heavy atom. The number of rotatable bonds is 5. The Labute approximate surface area is 166 Å². The molecule has 1 aromatic heterocycles. The number of carbonyl (C=O) groups is 1. The Hall–Kier alpha value is -2.18. The van der Waals surface area contributed by atoms with Crippen LogP contribution >= 0.6 is 12.4 Å². The minimum atomic E-state index is -0.425. The number of aromatic nitrogens is 2. The summed E-state index contributed by atoms with van der Waals surface area (Å²) in [6.45, 7) is 5.29. The Morgan fingerprint density at radius 1 is 1.15 bits per heavy atom. The van der Waals surface area contributed by atoms with Crippen LogP contribution in [0.5, 0.6) is 5.75 Å². The van der Waals surface area contributed by atoms with E-state index in [9.17, 15) is 4.79 Å². The van der Waals surface area contributed by atoms with Gasteiger partial charge in [0.1, 0.15) is 6.10 Å². The molecule has 2 heterocycles. The number of amides is 1. The summed E-state index contributed by atoms with van der Waals surface area (Å²) < 4.78 is 5.99. The van der Waals surface area contributed by atoms with E-state index in [2.05, 4.69) is 9.97 Å². The van der Waals surface area contributed by atoms with E-state index < -0.39 is 6.04 Å². The highest BCUT2D eigenvalue weighted by Gasteiger charge is 2.28. The molecule has 0 aliphatic carbocycles. The minimum Gasteiger partial charge on any atom is -0.487 e. The molecule has 0 spiro atoms. The van der Waals surface area contributed by atoms with Crippen molar-refractivity contribution in [3.63, 3.8) is 0 Å². The number of nitrogens with two attached hydrogens (primary N) is 1. The lowest BCUT2D eigenvalue weighted by Gasteiger charge is -2.34. The van der Waals surface area contributed by atoms with Crippen LogP contribution in [0.1, 0.15) is 26.7 Å². The van der Waals surface area contributed by atoms with E-state index in [4.69, 9.17) is 10.5 Å². The maximum Gasteiger partial charge on any atom is 0.239 e. The lowest BCUT2D eigenvalue weighted by molar-refractivity contribution is -0.135. The van der Waals surface area contributed by atoms with Gasteiger partial charge in [-0.3, -0.25) is 4.79 Å². The fourth-order valence-electron chi connectivity index (χ4n) is 3.00. The van der Waals surface area contributed by atoms with Gasteiger partial charge in [-0.2, -0.15) is 0 Å². The molecule has 1 fully saturated rings. The van der Waals surface area contributed by atoms with Crippen molar-refractivity contribution >= 4 is 18.3 Å². The summed E-state index contributed by atoms with van der Waals surface area (Å²) in [4.78, 5) is 22.9. The van der Waals surface area contributed by atoms with Crippen LogP contribution in [-0.4, -0.2) is 46.0 Å². The smallest absolute Gasteiger partial charge is 0.239 e. The van der Waals surface area contributed by atoms with Crippen LogP contribution < -0.4 is 10.5 Å². The lowest BCUT2D eigenvalue weighted by atomic mass is 10.0. The molecule has 7 heteroatoms. The van der Waals surface area contributed by atoms with Crippen molar-refractivity contribution in [2.24, 2.45) is 11.7 Å². The normalized spacial score (nSPS) is 15.9. The third kappa shape index (κ3) is 5.40. The standard InChI is InChI=1S/C20H26N4O2.ClH/c1-14(2)18(21)20(25)24-10-8-16(9-11-24)26-17-12-22-19(23-13-17)15-6-4-3-5-7-15;/h3-7,12-14,16,18H,8-11,21H2,1-2H3;1H/t18-;/m0./s1. The van der Waals surface area contributed by atoms with Crippen LogP contribution in [0.2, 0.25) is 0 Å². The molecule has 3 rings (SSSR count). The third-order valence-electron chi connectivity index (χ3n) is 4.72. The predicted molar refractivity (Wildman–Crippen MR) is 108 cm³/mol. The SMILES string of the molecule is CC(C)[C@H](N)C(=O)N1CCC(Oc2cnc(-c3ccccc3)nc2)CC1.Cl. The van der Waals surface area contributed by atoms with Crippen molar-refractivity contribution in [2.45, 2.75) is 38.8 Å². The molecule has 2 N–H and O–H groups in total. The molecule has 1 aliphatic heterocycles. The molecule has 1 aliphatic rings. The fraction of sp³-hybridized carbons (Fsp3) is 0.450. The van der Waals surface area contributed by atoms with Crippen LogP contribution in [0, 0.1) is 5.92 Å². The molecule has 1 atom stereocenters. The third-order valence-corrected chi connectivity index (χ3v) is 4.72. The molecule has 6 nitrogen and oxygen atoms in total. The van der Waals surface area contributed by atoms with Gasteiger partial charge in [0.15, 0.2) is 11.6 Å². The molecule has 1 saturated heterocycles. The maximum absolute atomic E-state index is 12.3. The topological polar surface area (TPSA) is 81.3 Å². The first-order valence-electron chi connectivity index (χ1n) is 9.13. The summed E-state index contributed by atoms with van der Waals surface area (Å²) in [6.07, 6.45) is 5.07. The molecular weight excluding hydrogens is 364 g/mol. The van der Waals surface area contributed by atoms with Crippen molar-refractivity contribution in [1.82, 2.24) is 14.9 Å². The molecule has 0 saturated carbocycles. The van der Waals surface area contributed by atoms with Crippen molar-refractivity contribution in [1.29, 1.82) is 0 Å². The number of carbonyl (C=O) groups excluding carboxylic acids is 1. The van der Waals surface area contributed by atoms with Gasteiger partial charge in [-0.25, -0.2) is 9.97 Å². The van der Waals surface area contributed by atoms with Crippen LogP contribution in [0.4, 0.5) is 0 Å². The summed E-state index contributed by atoms with van der Waals surface area (Å²) in [7, 11) is 0. The quantitative estimate of drug-likeness (QED) is 0.848. The van der Waals surface area contributed by atoms with Crippen LogP contribution in [0.15, 0.2) is 42.7 Å². The number of ether oxygens (including phenoxy) is 1. The zero-order valence-corrected chi connectivity index (χ0v) is 16.6. The minimum absolute atomic E-state index is 0. The summed E-state index contributed by atoms with van der Waals surface area (Å²) in [5, 5.41) is 0. The monoisotopic (exact) mass is 390 g/mol. The van der Waals surface area contributed by atoms with Crippen LogP contribution in [-0.2, 0) is 4.79 Å². The number of benzene rings is 1. The Morgan fingerprint density at radius 2 is 1.74 bits per heavy atom. The van der Waals surface area contributed by atoms with E-state index in [0.717, 1.165) is 18.4 Å². The molecule has 0 bridgehead atoms. The Bertz CT molecular complexity index is 717. The zero-order chi connectivity index (χ0) is 18.5. The summed E-state index contributed by atoms with van der Waals surface area (Å²) >= 11 is 0. The maximum atomic E-state index is 12.3. The molecule has 1 aromatic carbocycles. The van der Waals surface area contributed by atoms with Crippen molar-refractivity contribution in [3.8, 4) is 17.1 Å².